The van der Waals surface area contributed by atoms with Gasteiger partial charge in [-0.25, -0.2) is 8.42 Å². The minimum absolute atomic E-state index is 0.0273. The van der Waals surface area contributed by atoms with Gasteiger partial charge in [0, 0.05) is 30.5 Å². The SMILES string of the molecule is C=CCn1c(=NC(=O)c2cccc(S(C)(=O)=O)c2)sc2ccc([N+](=O)[O-])cc21. The Morgan fingerprint density at radius 2 is 2.07 bits per heavy atom. The van der Waals surface area contributed by atoms with E-state index in [1.807, 2.05) is 0 Å². The summed E-state index contributed by atoms with van der Waals surface area (Å²) in [5, 5.41) is 11.0. The maximum atomic E-state index is 12.6. The number of aromatic nitrogens is 1. The van der Waals surface area contributed by atoms with Gasteiger partial charge in [-0.15, -0.1) is 6.58 Å². The number of hydrogen-bond donors (Lipinski definition) is 0. The van der Waals surface area contributed by atoms with E-state index in [-0.39, 0.29) is 16.1 Å². The first-order valence-electron chi connectivity index (χ1n) is 7.98. The van der Waals surface area contributed by atoms with Crippen molar-refractivity contribution >= 4 is 43.0 Å². The molecule has 0 bridgehead atoms. The normalized spacial score (nSPS) is 12.2. The number of benzene rings is 2. The highest BCUT2D eigenvalue weighted by Crippen LogP contribution is 2.23. The van der Waals surface area contributed by atoms with E-state index in [0.29, 0.717) is 16.9 Å². The summed E-state index contributed by atoms with van der Waals surface area (Å²) in [6.45, 7) is 3.98. The summed E-state index contributed by atoms with van der Waals surface area (Å²) in [6, 6.07) is 10.0. The molecule has 10 heteroatoms. The zero-order valence-electron chi connectivity index (χ0n) is 14.7. The Bertz CT molecular complexity index is 1290. The number of hydrogen-bond acceptors (Lipinski definition) is 6. The molecule has 8 nitrogen and oxygen atoms in total. The first-order valence-corrected chi connectivity index (χ1v) is 10.7. The third-order valence-electron chi connectivity index (χ3n) is 3.89. The third-order valence-corrected chi connectivity index (χ3v) is 6.06. The van der Waals surface area contributed by atoms with Crippen molar-refractivity contribution in [1.82, 2.24) is 4.57 Å². The minimum Gasteiger partial charge on any atom is -0.312 e. The molecule has 0 aliphatic carbocycles. The molecule has 0 unspecified atom stereocenters. The second-order valence-corrected chi connectivity index (χ2v) is 8.93. The predicted octanol–water partition coefficient (Wildman–Crippen LogP) is 2.94. The highest BCUT2D eigenvalue weighted by molar-refractivity contribution is 7.90. The van der Waals surface area contributed by atoms with Crippen LogP contribution < -0.4 is 4.80 Å². The Morgan fingerprint density at radius 1 is 1.32 bits per heavy atom. The maximum absolute atomic E-state index is 12.6. The van der Waals surface area contributed by atoms with E-state index in [1.165, 1.54) is 47.7 Å². The molecule has 0 N–H and O–H groups in total. The zero-order valence-corrected chi connectivity index (χ0v) is 16.4. The van der Waals surface area contributed by atoms with Crippen LogP contribution in [0.2, 0.25) is 0 Å². The lowest BCUT2D eigenvalue weighted by Crippen LogP contribution is -2.16. The van der Waals surface area contributed by atoms with Crippen LogP contribution in [-0.2, 0) is 16.4 Å². The van der Waals surface area contributed by atoms with Gasteiger partial charge in [0.1, 0.15) is 0 Å². The Labute approximate surface area is 164 Å². The van der Waals surface area contributed by atoms with Crippen molar-refractivity contribution in [1.29, 1.82) is 0 Å². The number of carbonyl (C=O) groups is 1. The fourth-order valence-corrected chi connectivity index (χ4v) is 4.26. The van der Waals surface area contributed by atoms with Gasteiger partial charge >= 0.3 is 0 Å². The van der Waals surface area contributed by atoms with E-state index >= 15 is 0 Å². The largest absolute Gasteiger partial charge is 0.312 e. The molecule has 1 heterocycles. The lowest BCUT2D eigenvalue weighted by Gasteiger charge is -2.02. The van der Waals surface area contributed by atoms with Gasteiger partial charge in [0.25, 0.3) is 11.6 Å². The molecular formula is C18H15N3O5S2. The zero-order chi connectivity index (χ0) is 20.5. The Kier molecular flexibility index (Phi) is 5.25. The number of amides is 1. The molecule has 0 saturated carbocycles. The molecule has 0 aliphatic rings. The summed E-state index contributed by atoms with van der Waals surface area (Å²) in [6.07, 6.45) is 2.66. The second-order valence-electron chi connectivity index (χ2n) is 5.91. The fourth-order valence-electron chi connectivity index (χ4n) is 2.57. The smallest absolute Gasteiger partial charge is 0.279 e. The Balaban J connectivity index is 2.15. The third kappa shape index (κ3) is 3.92. The summed E-state index contributed by atoms with van der Waals surface area (Å²) < 4.78 is 25.8. The summed E-state index contributed by atoms with van der Waals surface area (Å²) in [5.74, 6) is -0.607. The summed E-state index contributed by atoms with van der Waals surface area (Å²) in [7, 11) is -3.46. The van der Waals surface area contributed by atoms with E-state index in [2.05, 4.69) is 11.6 Å². The lowest BCUT2D eigenvalue weighted by atomic mass is 10.2. The summed E-state index contributed by atoms with van der Waals surface area (Å²) in [4.78, 5) is 27.6. The fraction of sp³-hybridized carbons (Fsp3) is 0.111. The van der Waals surface area contributed by atoms with Gasteiger partial charge in [0.15, 0.2) is 14.6 Å². The standard InChI is InChI=1S/C18H15N3O5S2/c1-3-9-20-15-11-13(21(23)24)7-8-16(15)27-18(20)19-17(22)12-5-4-6-14(10-12)28(2,25)26/h3-8,10-11H,1,9H2,2H3. The minimum atomic E-state index is -3.46. The molecular weight excluding hydrogens is 402 g/mol. The number of thiazole rings is 1. The number of nitro groups is 1. The molecule has 3 rings (SSSR count). The predicted molar refractivity (Wildman–Crippen MR) is 106 cm³/mol. The highest BCUT2D eigenvalue weighted by atomic mass is 32.2. The number of fused-ring (bicyclic) bond motifs is 1. The molecule has 1 amide bonds. The van der Waals surface area contributed by atoms with Crippen molar-refractivity contribution in [3.8, 4) is 0 Å². The monoisotopic (exact) mass is 417 g/mol. The van der Waals surface area contributed by atoms with Gasteiger partial charge < -0.3 is 4.57 Å². The molecule has 144 valence electrons. The van der Waals surface area contributed by atoms with Gasteiger partial charge in [0.05, 0.1) is 20.0 Å². The van der Waals surface area contributed by atoms with Crippen LogP contribution in [0.4, 0.5) is 5.69 Å². The van der Waals surface area contributed by atoms with Gasteiger partial charge in [-0.05, 0) is 24.3 Å². The van der Waals surface area contributed by atoms with Gasteiger partial charge in [-0.2, -0.15) is 4.99 Å². The van der Waals surface area contributed by atoms with Crippen molar-refractivity contribution in [3.05, 3.63) is 75.6 Å². The second kappa shape index (κ2) is 7.49. The average molecular weight is 417 g/mol. The number of carbonyl (C=O) groups excluding carboxylic acids is 1. The average Bonchev–Trinajstić information content (AvgIpc) is 2.98. The van der Waals surface area contributed by atoms with Crippen LogP contribution in [0.15, 0.2) is 65.0 Å². The number of nitro benzene ring substituents is 1. The highest BCUT2D eigenvalue weighted by Gasteiger charge is 2.14. The van der Waals surface area contributed by atoms with Crippen LogP contribution in [0.1, 0.15) is 10.4 Å². The van der Waals surface area contributed by atoms with E-state index in [0.717, 1.165) is 11.0 Å². The Morgan fingerprint density at radius 3 is 2.71 bits per heavy atom. The molecule has 1 aromatic heterocycles. The van der Waals surface area contributed by atoms with Crippen molar-refractivity contribution in [3.63, 3.8) is 0 Å². The topological polar surface area (TPSA) is 112 Å². The molecule has 0 fully saturated rings. The van der Waals surface area contributed by atoms with Crippen LogP contribution >= 0.6 is 11.3 Å². The van der Waals surface area contributed by atoms with E-state index in [1.54, 1.807) is 16.7 Å². The van der Waals surface area contributed by atoms with Crippen LogP contribution in [0.3, 0.4) is 0 Å². The van der Waals surface area contributed by atoms with E-state index in [9.17, 15) is 23.3 Å². The number of rotatable bonds is 5. The van der Waals surface area contributed by atoms with Crippen LogP contribution in [0.5, 0.6) is 0 Å². The van der Waals surface area contributed by atoms with E-state index < -0.39 is 20.7 Å². The Hall–Kier alpha value is -3.11. The molecule has 28 heavy (non-hydrogen) atoms. The number of sulfone groups is 1. The van der Waals surface area contributed by atoms with Gasteiger partial charge in [-0.1, -0.05) is 23.5 Å². The van der Waals surface area contributed by atoms with Crippen LogP contribution in [0.25, 0.3) is 10.2 Å². The molecule has 0 aliphatic heterocycles. The lowest BCUT2D eigenvalue weighted by molar-refractivity contribution is -0.384. The van der Waals surface area contributed by atoms with Gasteiger partial charge in [-0.3, -0.25) is 14.9 Å². The number of nitrogens with zero attached hydrogens (tertiary/aromatic N) is 3. The maximum Gasteiger partial charge on any atom is 0.279 e. The van der Waals surface area contributed by atoms with Crippen LogP contribution in [0, 0.1) is 10.1 Å². The van der Waals surface area contributed by atoms with Crippen molar-refractivity contribution < 1.29 is 18.1 Å². The molecule has 0 radical (unpaired) electrons. The first kappa shape index (κ1) is 19.6. The molecule has 3 aromatic rings. The van der Waals surface area contributed by atoms with Crippen molar-refractivity contribution in [2.75, 3.05) is 6.26 Å². The number of non-ortho nitro benzene ring substituents is 1. The van der Waals surface area contributed by atoms with Crippen LogP contribution in [-0.4, -0.2) is 30.1 Å². The first-order chi connectivity index (χ1) is 13.2. The molecule has 0 atom stereocenters. The number of allylic oxidation sites excluding steroid dienone is 1. The quantitative estimate of drug-likeness (QED) is 0.360. The van der Waals surface area contributed by atoms with E-state index in [4.69, 9.17) is 0 Å². The summed E-state index contributed by atoms with van der Waals surface area (Å²) in [5.41, 5.74) is 0.633. The van der Waals surface area contributed by atoms with Crippen molar-refractivity contribution in [2.45, 2.75) is 11.4 Å². The molecule has 0 spiro atoms. The van der Waals surface area contributed by atoms with Gasteiger partial charge in [0.2, 0.25) is 0 Å². The van der Waals surface area contributed by atoms with Crippen molar-refractivity contribution in [2.24, 2.45) is 4.99 Å². The summed E-state index contributed by atoms with van der Waals surface area (Å²) >= 11 is 1.20. The molecule has 2 aromatic carbocycles. The molecule has 0 saturated heterocycles.